The summed E-state index contributed by atoms with van der Waals surface area (Å²) < 4.78 is 75.6. The number of carbonyl (C=O) groups is 1. The molecule has 2 aromatic rings. The molecular formula is C20H23F3N2O5S. The number of hydrogen-bond acceptors (Lipinski definition) is 5. The largest absolute Gasteiger partial charge is 0.493 e. The van der Waals surface area contributed by atoms with E-state index < -0.39 is 33.9 Å². The first-order chi connectivity index (χ1) is 14.4. The maximum absolute atomic E-state index is 14.3. The molecule has 0 heterocycles. The molecule has 0 aliphatic rings. The molecule has 170 valence electrons. The fourth-order valence-electron chi connectivity index (χ4n) is 2.77. The van der Waals surface area contributed by atoms with E-state index in [1.165, 1.54) is 32.4 Å². The SMILES string of the molecule is COc1cc(CN(C)C(=O)c2cc(S(=O)(=O)NC(C)C)ccc2F)ccc1OC(F)F. The van der Waals surface area contributed by atoms with E-state index in [-0.39, 0.29) is 29.0 Å². The van der Waals surface area contributed by atoms with E-state index in [0.29, 0.717) is 5.56 Å². The zero-order valence-electron chi connectivity index (χ0n) is 17.4. The Balaban J connectivity index is 2.26. The number of halogens is 3. The van der Waals surface area contributed by atoms with Gasteiger partial charge in [-0.05, 0) is 49.7 Å². The Morgan fingerprint density at radius 1 is 1.13 bits per heavy atom. The third-order valence-corrected chi connectivity index (χ3v) is 5.74. The number of ether oxygens (including phenoxy) is 2. The first kappa shape index (κ1) is 24.5. The lowest BCUT2D eigenvalue weighted by molar-refractivity contribution is -0.0512. The van der Waals surface area contributed by atoms with Gasteiger partial charge in [0.25, 0.3) is 5.91 Å². The summed E-state index contributed by atoms with van der Waals surface area (Å²) in [7, 11) is -1.25. The van der Waals surface area contributed by atoms with Crippen LogP contribution in [-0.4, -0.2) is 46.0 Å². The second kappa shape index (κ2) is 10.0. The van der Waals surface area contributed by atoms with Crippen LogP contribution in [0.3, 0.4) is 0 Å². The maximum atomic E-state index is 14.3. The van der Waals surface area contributed by atoms with Crippen LogP contribution in [0.1, 0.15) is 29.8 Å². The standard InChI is InChI=1S/C20H23F3N2O5S/c1-12(2)24-31(27,28)14-6-7-16(21)15(10-14)19(26)25(3)11-13-5-8-17(30-20(22)23)18(9-13)29-4/h5-10,12,20,24H,11H2,1-4H3. The number of nitrogens with one attached hydrogen (secondary N) is 1. The zero-order valence-corrected chi connectivity index (χ0v) is 18.2. The minimum atomic E-state index is -3.92. The number of benzene rings is 2. The van der Waals surface area contributed by atoms with Crippen molar-refractivity contribution >= 4 is 15.9 Å². The molecule has 0 spiro atoms. The molecule has 7 nitrogen and oxygen atoms in total. The zero-order chi connectivity index (χ0) is 23.3. The monoisotopic (exact) mass is 460 g/mol. The highest BCUT2D eigenvalue weighted by atomic mass is 32.2. The van der Waals surface area contributed by atoms with Gasteiger partial charge in [-0.1, -0.05) is 6.07 Å². The van der Waals surface area contributed by atoms with Gasteiger partial charge in [-0.15, -0.1) is 0 Å². The van der Waals surface area contributed by atoms with Crippen molar-refractivity contribution in [3.05, 3.63) is 53.3 Å². The normalized spacial score (nSPS) is 11.6. The van der Waals surface area contributed by atoms with Crippen molar-refractivity contribution in [2.75, 3.05) is 14.2 Å². The van der Waals surface area contributed by atoms with Crippen LogP contribution in [0.4, 0.5) is 13.2 Å². The Kier molecular flexibility index (Phi) is 7.91. The van der Waals surface area contributed by atoms with Gasteiger partial charge in [-0.3, -0.25) is 4.79 Å². The lowest BCUT2D eigenvalue weighted by Crippen LogP contribution is -2.31. The molecule has 0 saturated carbocycles. The molecule has 0 fully saturated rings. The highest BCUT2D eigenvalue weighted by molar-refractivity contribution is 7.89. The summed E-state index contributed by atoms with van der Waals surface area (Å²) in [6.07, 6.45) is 0. The van der Waals surface area contributed by atoms with Crippen molar-refractivity contribution in [1.82, 2.24) is 9.62 Å². The summed E-state index contributed by atoms with van der Waals surface area (Å²) >= 11 is 0. The molecule has 1 N–H and O–H groups in total. The average molecular weight is 460 g/mol. The Morgan fingerprint density at radius 2 is 1.81 bits per heavy atom. The second-order valence-corrected chi connectivity index (χ2v) is 8.66. The molecule has 0 aromatic heterocycles. The molecule has 0 bridgehead atoms. The van der Waals surface area contributed by atoms with Crippen LogP contribution in [0.15, 0.2) is 41.3 Å². The molecular weight excluding hydrogens is 437 g/mol. The lowest BCUT2D eigenvalue weighted by atomic mass is 10.1. The molecule has 31 heavy (non-hydrogen) atoms. The van der Waals surface area contributed by atoms with E-state index in [4.69, 9.17) is 4.74 Å². The molecule has 2 rings (SSSR count). The lowest BCUT2D eigenvalue weighted by Gasteiger charge is -2.19. The van der Waals surface area contributed by atoms with Crippen molar-refractivity contribution in [1.29, 1.82) is 0 Å². The number of rotatable bonds is 9. The Hall–Kier alpha value is -2.79. The van der Waals surface area contributed by atoms with Crippen molar-refractivity contribution < 1.29 is 35.9 Å². The Bertz CT molecular complexity index is 1050. The molecule has 0 unspecified atom stereocenters. The number of alkyl halides is 2. The van der Waals surface area contributed by atoms with E-state index in [2.05, 4.69) is 9.46 Å². The molecule has 11 heteroatoms. The molecule has 0 atom stereocenters. The second-order valence-electron chi connectivity index (χ2n) is 6.94. The summed E-state index contributed by atoms with van der Waals surface area (Å²) in [5.41, 5.74) is 0.0822. The number of sulfonamides is 1. The van der Waals surface area contributed by atoms with Crippen LogP contribution in [0.2, 0.25) is 0 Å². The summed E-state index contributed by atoms with van der Waals surface area (Å²) in [6.45, 7) is 0.213. The topological polar surface area (TPSA) is 84.9 Å². The summed E-state index contributed by atoms with van der Waals surface area (Å²) in [5.74, 6) is -1.76. The molecule has 0 saturated heterocycles. The van der Waals surface area contributed by atoms with Gasteiger partial charge in [0.1, 0.15) is 5.82 Å². The van der Waals surface area contributed by atoms with Crippen molar-refractivity contribution in [3.63, 3.8) is 0 Å². The highest BCUT2D eigenvalue weighted by Crippen LogP contribution is 2.30. The van der Waals surface area contributed by atoms with Gasteiger partial charge >= 0.3 is 6.61 Å². The van der Waals surface area contributed by atoms with Gasteiger partial charge in [0.2, 0.25) is 10.0 Å². The van der Waals surface area contributed by atoms with Crippen LogP contribution in [0, 0.1) is 5.82 Å². The smallest absolute Gasteiger partial charge is 0.387 e. The Labute approximate surface area is 178 Å². The molecule has 0 aliphatic heterocycles. The Morgan fingerprint density at radius 3 is 2.39 bits per heavy atom. The number of nitrogens with zero attached hydrogens (tertiary/aromatic N) is 1. The van der Waals surface area contributed by atoms with E-state index in [9.17, 15) is 26.4 Å². The van der Waals surface area contributed by atoms with Crippen LogP contribution < -0.4 is 14.2 Å². The maximum Gasteiger partial charge on any atom is 0.387 e. The number of amides is 1. The van der Waals surface area contributed by atoms with Crippen molar-refractivity contribution in [2.24, 2.45) is 0 Å². The van der Waals surface area contributed by atoms with Gasteiger partial charge in [0, 0.05) is 19.6 Å². The predicted molar refractivity (Wildman–Crippen MR) is 107 cm³/mol. The minimum Gasteiger partial charge on any atom is -0.493 e. The summed E-state index contributed by atoms with van der Waals surface area (Å²) in [6, 6.07) is 6.70. The van der Waals surface area contributed by atoms with Gasteiger partial charge in [0.15, 0.2) is 11.5 Å². The van der Waals surface area contributed by atoms with E-state index in [1.807, 2.05) is 0 Å². The predicted octanol–water partition coefficient (Wildman–Crippen LogP) is 3.39. The van der Waals surface area contributed by atoms with Gasteiger partial charge < -0.3 is 14.4 Å². The first-order valence-electron chi connectivity index (χ1n) is 9.13. The number of hydrogen-bond donors (Lipinski definition) is 1. The van der Waals surface area contributed by atoms with Crippen LogP contribution >= 0.6 is 0 Å². The van der Waals surface area contributed by atoms with E-state index in [1.54, 1.807) is 13.8 Å². The fraction of sp³-hybridized carbons (Fsp3) is 0.350. The first-order valence-corrected chi connectivity index (χ1v) is 10.6. The molecule has 0 radical (unpaired) electrons. The average Bonchev–Trinajstić information content (AvgIpc) is 2.67. The quantitative estimate of drug-likeness (QED) is 0.620. The van der Waals surface area contributed by atoms with Crippen molar-refractivity contribution in [3.8, 4) is 11.5 Å². The molecule has 2 aromatic carbocycles. The summed E-state index contributed by atoms with van der Waals surface area (Å²) in [5, 5.41) is 0. The van der Waals surface area contributed by atoms with Gasteiger partial charge in [0.05, 0.1) is 17.6 Å². The van der Waals surface area contributed by atoms with Gasteiger partial charge in [-0.25, -0.2) is 17.5 Å². The summed E-state index contributed by atoms with van der Waals surface area (Å²) in [4.78, 5) is 13.7. The highest BCUT2D eigenvalue weighted by Gasteiger charge is 2.22. The number of carbonyl (C=O) groups excluding carboxylic acids is 1. The van der Waals surface area contributed by atoms with Gasteiger partial charge in [-0.2, -0.15) is 8.78 Å². The third kappa shape index (κ3) is 6.34. The molecule has 0 aliphatic carbocycles. The fourth-order valence-corrected chi connectivity index (χ4v) is 4.05. The third-order valence-electron chi connectivity index (χ3n) is 4.08. The van der Waals surface area contributed by atoms with E-state index >= 15 is 0 Å². The molecule has 1 amide bonds. The van der Waals surface area contributed by atoms with E-state index in [0.717, 1.165) is 23.1 Å². The number of methoxy groups -OCH3 is 1. The van der Waals surface area contributed by atoms with Crippen molar-refractivity contribution in [2.45, 2.75) is 37.9 Å². The van der Waals surface area contributed by atoms with Crippen LogP contribution in [0.25, 0.3) is 0 Å². The van der Waals surface area contributed by atoms with Crippen LogP contribution in [-0.2, 0) is 16.6 Å². The minimum absolute atomic E-state index is 0.0230. The van der Waals surface area contributed by atoms with Crippen LogP contribution in [0.5, 0.6) is 11.5 Å².